The lowest BCUT2D eigenvalue weighted by Crippen LogP contribution is -2.47. The Morgan fingerprint density at radius 1 is 0.905 bits per heavy atom. The van der Waals surface area contributed by atoms with Crippen molar-refractivity contribution in [1.82, 2.24) is 15.1 Å². The summed E-state index contributed by atoms with van der Waals surface area (Å²) >= 11 is 0. The van der Waals surface area contributed by atoms with Gasteiger partial charge < -0.3 is 15.1 Å². The highest BCUT2D eigenvalue weighted by Crippen LogP contribution is 2.23. The summed E-state index contributed by atoms with van der Waals surface area (Å²) in [5.41, 5.74) is 0. The number of nitrogens with zero attached hydrogens (tertiary/aromatic N) is 2. The molecule has 0 radical (unpaired) electrons. The van der Waals surface area contributed by atoms with Crippen molar-refractivity contribution < 1.29 is 9.59 Å². The predicted molar refractivity (Wildman–Crippen MR) is 80.8 cm³/mol. The van der Waals surface area contributed by atoms with Gasteiger partial charge in [0.05, 0.1) is 6.04 Å². The van der Waals surface area contributed by atoms with Gasteiger partial charge in [-0.05, 0) is 51.0 Å². The zero-order chi connectivity index (χ0) is 14.7. The Hall–Kier alpha value is -1.10. The summed E-state index contributed by atoms with van der Waals surface area (Å²) in [6, 6.07) is 0.0489. The second-order valence-corrected chi connectivity index (χ2v) is 6.71. The van der Waals surface area contributed by atoms with E-state index >= 15 is 0 Å². The van der Waals surface area contributed by atoms with Gasteiger partial charge in [-0.3, -0.25) is 9.59 Å². The molecule has 3 heterocycles. The van der Waals surface area contributed by atoms with Gasteiger partial charge in [-0.15, -0.1) is 0 Å². The highest BCUT2D eigenvalue weighted by Gasteiger charge is 2.31. The number of hydrogen-bond donors (Lipinski definition) is 1. The van der Waals surface area contributed by atoms with Crippen molar-refractivity contribution in [2.45, 2.75) is 51.0 Å². The molecule has 0 spiro atoms. The maximum absolute atomic E-state index is 12.3. The van der Waals surface area contributed by atoms with Crippen LogP contribution in [0.1, 0.15) is 44.9 Å². The van der Waals surface area contributed by atoms with E-state index in [1.54, 1.807) is 0 Å². The maximum atomic E-state index is 12.3. The van der Waals surface area contributed by atoms with E-state index in [1.165, 1.54) is 0 Å². The van der Waals surface area contributed by atoms with Crippen LogP contribution in [0, 0.1) is 5.92 Å². The summed E-state index contributed by atoms with van der Waals surface area (Å²) in [4.78, 5) is 28.5. The molecule has 3 saturated heterocycles. The molecule has 0 aromatic carbocycles. The minimum absolute atomic E-state index is 0.0489. The molecule has 0 aliphatic carbocycles. The van der Waals surface area contributed by atoms with Crippen molar-refractivity contribution >= 4 is 11.8 Å². The summed E-state index contributed by atoms with van der Waals surface area (Å²) in [5.74, 6) is 1.07. The standard InChI is InChI=1S/C16H27N3O2/c20-15(18-8-1-2-9-18)12-13-5-10-19(11-6-13)16(21)14-4-3-7-17-14/h13-14,17H,1-12H2. The summed E-state index contributed by atoms with van der Waals surface area (Å²) in [6.45, 7) is 4.52. The zero-order valence-electron chi connectivity index (χ0n) is 12.9. The molecule has 1 unspecified atom stereocenters. The molecule has 3 rings (SSSR count). The van der Waals surface area contributed by atoms with Gasteiger partial charge in [0.25, 0.3) is 0 Å². The summed E-state index contributed by atoms with van der Waals surface area (Å²) < 4.78 is 0. The van der Waals surface area contributed by atoms with Crippen LogP contribution in [0.5, 0.6) is 0 Å². The molecule has 5 nitrogen and oxygen atoms in total. The molecule has 2 amide bonds. The molecule has 0 bridgehead atoms. The van der Waals surface area contributed by atoms with Gasteiger partial charge in [-0.1, -0.05) is 0 Å². The quantitative estimate of drug-likeness (QED) is 0.844. The van der Waals surface area contributed by atoms with Crippen LogP contribution in [0.3, 0.4) is 0 Å². The summed E-state index contributed by atoms with van der Waals surface area (Å²) in [7, 11) is 0. The molecular weight excluding hydrogens is 266 g/mol. The second-order valence-electron chi connectivity index (χ2n) is 6.71. The third-order valence-corrected chi connectivity index (χ3v) is 5.21. The fourth-order valence-corrected chi connectivity index (χ4v) is 3.82. The van der Waals surface area contributed by atoms with E-state index in [0.717, 1.165) is 71.2 Å². The van der Waals surface area contributed by atoms with Crippen LogP contribution in [0.25, 0.3) is 0 Å². The normalized spacial score (nSPS) is 27.3. The van der Waals surface area contributed by atoms with E-state index in [9.17, 15) is 9.59 Å². The number of piperidine rings is 1. The number of amides is 2. The third kappa shape index (κ3) is 3.57. The van der Waals surface area contributed by atoms with Gasteiger partial charge in [-0.2, -0.15) is 0 Å². The van der Waals surface area contributed by atoms with Crippen molar-refractivity contribution in [3.05, 3.63) is 0 Å². The van der Waals surface area contributed by atoms with Crippen molar-refractivity contribution in [1.29, 1.82) is 0 Å². The van der Waals surface area contributed by atoms with Crippen LogP contribution in [-0.2, 0) is 9.59 Å². The van der Waals surface area contributed by atoms with Gasteiger partial charge in [-0.25, -0.2) is 0 Å². The first-order valence-electron chi connectivity index (χ1n) is 8.54. The monoisotopic (exact) mass is 293 g/mol. The van der Waals surface area contributed by atoms with Crippen LogP contribution >= 0.6 is 0 Å². The van der Waals surface area contributed by atoms with E-state index in [-0.39, 0.29) is 11.9 Å². The Morgan fingerprint density at radius 3 is 2.24 bits per heavy atom. The number of likely N-dealkylation sites (tertiary alicyclic amines) is 2. The van der Waals surface area contributed by atoms with Crippen molar-refractivity contribution in [3.8, 4) is 0 Å². The lowest BCUT2D eigenvalue weighted by molar-refractivity contribution is -0.135. The molecule has 0 saturated carbocycles. The molecule has 1 atom stereocenters. The van der Waals surface area contributed by atoms with Crippen LogP contribution in [0.2, 0.25) is 0 Å². The molecule has 3 aliphatic rings. The number of rotatable bonds is 3. The number of hydrogen-bond acceptors (Lipinski definition) is 3. The first-order valence-corrected chi connectivity index (χ1v) is 8.54. The minimum atomic E-state index is 0.0489. The Bertz CT molecular complexity index is 379. The van der Waals surface area contributed by atoms with E-state index in [1.807, 2.05) is 9.80 Å². The zero-order valence-corrected chi connectivity index (χ0v) is 12.9. The fourth-order valence-electron chi connectivity index (χ4n) is 3.82. The molecule has 118 valence electrons. The fraction of sp³-hybridized carbons (Fsp3) is 0.875. The van der Waals surface area contributed by atoms with Gasteiger partial charge in [0.2, 0.25) is 11.8 Å². The number of nitrogens with one attached hydrogen (secondary N) is 1. The lowest BCUT2D eigenvalue weighted by Gasteiger charge is -2.34. The molecule has 0 aromatic rings. The predicted octanol–water partition coefficient (Wildman–Crippen LogP) is 0.989. The molecule has 5 heteroatoms. The van der Waals surface area contributed by atoms with Crippen molar-refractivity contribution in [2.24, 2.45) is 5.92 Å². The van der Waals surface area contributed by atoms with Crippen molar-refractivity contribution in [2.75, 3.05) is 32.7 Å². The van der Waals surface area contributed by atoms with Crippen LogP contribution < -0.4 is 5.32 Å². The Kier molecular flexibility index (Phi) is 4.78. The van der Waals surface area contributed by atoms with Gasteiger partial charge >= 0.3 is 0 Å². The van der Waals surface area contributed by atoms with Gasteiger partial charge in [0.1, 0.15) is 0 Å². The van der Waals surface area contributed by atoms with E-state index in [0.29, 0.717) is 18.2 Å². The highest BCUT2D eigenvalue weighted by atomic mass is 16.2. The topological polar surface area (TPSA) is 52.7 Å². The van der Waals surface area contributed by atoms with E-state index in [4.69, 9.17) is 0 Å². The summed E-state index contributed by atoms with van der Waals surface area (Å²) in [5, 5.41) is 3.28. The van der Waals surface area contributed by atoms with Gasteiger partial charge in [0, 0.05) is 32.6 Å². The smallest absolute Gasteiger partial charge is 0.239 e. The number of carbonyl (C=O) groups is 2. The Labute approximate surface area is 127 Å². The number of carbonyl (C=O) groups excluding carboxylic acids is 2. The first-order chi connectivity index (χ1) is 10.2. The average Bonchev–Trinajstić information content (AvgIpc) is 3.20. The molecule has 1 N–H and O–H groups in total. The van der Waals surface area contributed by atoms with E-state index in [2.05, 4.69) is 5.32 Å². The minimum Gasteiger partial charge on any atom is -0.343 e. The summed E-state index contributed by atoms with van der Waals surface area (Å²) in [6.07, 6.45) is 7.06. The van der Waals surface area contributed by atoms with Crippen LogP contribution in [0.4, 0.5) is 0 Å². The molecular formula is C16H27N3O2. The van der Waals surface area contributed by atoms with Crippen LogP contribution in [-0.4, -0.2) is 60.4 Å². The Balaban J connectivity index is 1.42. The molecule has 3 fully saturated rings. The largest absolute Gasteiger partial charge is 0.343 e. The van der Waals surface area contributed by atoms with Crippen LogP contribution in [0.15, 0.2) is 0 Å². The third-order valence-electron chi connectivity index (χ3n) is 5.21. The first kappa shape index (κ1) is 14.8. The molecule has 0 aromatic heterocycles. The lowest BCUT2D eigenvalue weighted by atomic mass is 9.92. The Morgan fingerprint density at radius 2 is 1.62 bits per heavy atom. The highest BCUT2D eigenvalue weighted by molar-refractivity contribution is 5.82. The van der Waals surface area contributed by atoms with E-state index < -0.39 is 0 Å². The van der Waals surface area contributed by atoms with Gasteiger partial charge in [0.15, 0.2) is 0 Å². The maximum Gasteiger partial charge on any atom is 0.239 e. The average molecular weight is 293 g/mol. The second kappa shape index (κ2) is 6.77. The molecule has 21 heavy (non-hydrogen) atoms. The van der Waals surface area contributed by atoms with Crippen molar-refractivity contribution in [3.63, 3.8) is 0 Å². The molecule has 3 aliphatic heterocycles. The SMILES string of the molecule is O=C(CC1CCN(C(=O)C2CCCN2)CC1)N1CCCC1.